The molecule has 1 aromatic rings. The van der Waals surface area contributed by atoms with Gasteiger partial charge in [0, 0.05) is 26.7 Å². The molecule has 5 heteroatoms. The zero-order valence-electron chi connectivity index (χ0n) is 13.5. The molecule has 120 valence electrons. The van der Waals surface area contributed by atoms with Gasteiger partial charge in [-0.25, -0.2) is 0 Å². The average Bonchev–Trinajstić information content (AvgIpc) is 3.37. The highest BCUT2D eigenvalue weighted by Crippen LogP contribution is 2.27. The summed E-state index contributed by atoms with van der Waals surface area (Å²) in [7, 11) is 1.73. The molecule has 1 saturated carbocycles. The van der Waals surface area contributed by atoms with Gasteiger partial charge in [-0.05, 0) is 31.2 Å². The normalized spacial score (nSPS) is 14.5. The number of nitrogens with one attached hydrogen (secondary N) is 2. The molecule has 0 saturated heterocycles. The summed E-state index contributed by atoms with van der Waals surface area (Å²) in [6.07, 6.45) is 2.59. The number of aliphatic imine (C=N–C) groups is 1. The number of guanidine groups is 1. The van der Waals surface area contributed by atoms with Crippen LogP contribution in [0.5, 0.6) is 0 Å². The summed E-state index contributed by atoms with van der Waals surface area (Å²) in [6, 6.07) is 10.1. The topological polar surface area (TPSA) is 56.7 Å². The molecule has 0 spiro atoms. The fourth-order valence-corrected chi connectivity index (χ4v) is 2.23. The third-order valence-electron chi connectivity index (χ3n) is 3.84. The van der Waals surface area contributed by atoms with Crippen molar-refractivity contribution < 1.29 is 4.79 Å². The summed E-state index contributed by atoms with van der Waals surface area (Å²) in [6.45, 7) is 4.55. The molecule has 5 nitrogen and oxygen atoms in total. The number of hydrogen-bond donors (Lipinski definition) is 2. The highest BCUT2D eigenvalue weighted by molar-refractivity contribution is 5.86. The number of rotatable bonds is 7. The van der Waals surface area contributed by atoms with E-state index in [-0.39, 0.29) is 12.5 Å². The van der Waals surface area contributed by atoms with E-state index in [1.54, 1.807) is 7.05 Å². The predicted octanol–water partition coefficient (Wildman–Crippen LogP) is 1.61. The second-order valence-corrected chi connectivity index (χ2v) is 5.64. The van der Waals surface area contributed by atoms with Crippen LogP contribution in [0.1, 0.15) is 25.3 Å². The number of carbonyl (C=O) groups is 1. The molecule has 0 aromatic heterocycles. The van der Waals surface area contributed by atoms with E-state index in [0.29, 0.717) is 19.0 Å². The Labute approximate surface area is 132 Å². The second kappa shape index (κ2) is 8.41. The Hall–Kier alpha value is -2.04. The summed E-state index contributed by atoms with van der Waals surface area (Å²) < 4.78 is 0. The largest absolute Gasteiger partial charge is 0.356 e. The Morgan fingerprint density at radius 2 is 2.00 bits per heavy atom. The quantitative estimate of drug-likeness (QED) is 0.594. The number of amides is 1. The first-order chi connectivity index (χ1) is 10.7. The van der Waals surface area contributed by atoms with E-state index < -0.39 is 0 Å². The Kier molecular flexibility index (Phi) is 6.25. The minimum Gasteiger partial charge on any atom is -0.356 e. The maximum absolute atomic E-state index is 12.3. The maximum atomic E-state index is 12.3. The molecule has 0 bridgehead atoms. The average molecular weight is 302 g/mol. The first kappa shape index (κ1) is 16.3. The number of hydrogen-bond acceptors (Lipinski definition) is 2. The van der Waals surface area contributed by atoms with Gasteiger partial charge < -0.3 is 15.5 Å². The summed E-state index contributed by atoms with van der Waals surface area (Å²) in [5.74, 6) is 1.57. The molecule has 0 radical (unpaired) electrons. The van der Waals surface area contributed by atoms with Crippen molar-refractivity contribution in [3.8, 4) is 0 Å². The van der Waals surface area contributed by atoms with Gasteiger partial charge in [-0.2, -0.15) is 0 Å². The van der Waals surface area contributed by atoms with E-state index >= 15 is 0 Å². The molecule has 1 aromatic carbocycles. The van der Waals surface area contributed by atoms with Crippen LogP contribution < -0.4 is 10.6 Å². The van der Waals surface area contributed by atoms with Gasteiger partial charge in [0.1, 0.15) is 0 Å². The van der Waals surface area contributed by atoms with Crippen molar-refractivity contribution in [2.45, 2.75) is 26.3 Å². The van der Waals surface area contributed by atoms with Gasteiger partial charge in [-0.3, -0.25) is 9.79 Å². The molecule has 2 rings (SSSR count). The molecule has 1 amide bonds. The van der Waals surface area contributed by atoms with Crippen molar-refractivity contribution in [2.24, 2.45) is 10.9 Å². The molecule has 0 aliphatic heterocycles. The van der Waals surface area contributed by atoms with Gasteiger partial charge in [0.25, 0.3) is 0 Å². The van der Waals surface area contributed by atoms with Crippen LogP contribution >= 0.6 is 0 Å². The number of likely N-dealkylation sites (N-methyl/N-ethyl adjacent to an activating group) is 1. The SMILES string of the molecule is CCN(Cc1ccccc1)C(=O)CNC(=NC)NCC1CC1. The van der Waals surface area contributed by atoms with E-state index in [2.05, 4.69) is 15.6 Å². The molecule has 1 aliphatic rings. The van der Waals surface area contributed by atoms with E-state index in [4.69, 9.17) is 0 Å². The van der Waals surface area contributed by atoms with E-state index in [1.165, 1.54) is 12.8 Å². The monoisotopic (exact) mass is 302 g/mol. The molecule has 0 atom stereocenters. The van der Waals surface area contributed by atoms with Crippen molar-refractivity contribution in [1.82, 2.24) is 15.5 Å². The number of carbonyl (C=O) groups excluding carboxylic acids is 1. The minimum atomic E-state index is 0.0840. The van der Waals surface area contributed by atoms with E-state index in [9.17, 15) is 4.79 Å². The van der Waals surface area contributed by atoms with Crippen molar-refractivity contribution in [3.05, 3.63) is 35.9 Å². The van der Waals surface area contributed by atoms with Crippen LogP contribution in [0.4, 0.5) is 0 Å². The first-order valence-electron chi connectivity index (χ1n) is 7.99. The minimum absolute atomic E-state index is 0.0840. The van der Waals surface area contributed by atoms with Gasteiger partial charge in [0.2, 0.25) is 5.91 Å². The van der Waals surface area contributed by atoms with Crippen molar-refractivity contribution >= 4 is 11.9 Å². The Morgan fingerprint density at radius 1 is 1.27 bits per heavy atom. The van der Waals surface area contributed by atoms with Crippen LogP contribution in [0.25, 0.3) is 0 Å². The van der Waals surface area contributed by atoms with Crippen LogP contribution in [0.15, 0.2) is 35.3 Å². The molecular formula is C17H26N4O. The lowest BCUT2D eigenvalue weighted by Gasteiger charge is -2.22. The standard InChI is InChI=1S/C17H26N4O/c1-3-21(13-15-7-5-4-6-8-15)16(22)12-20-17(18-2)19-11-14-9-10-14/h4-8,14H,3,9-13H2,1-2H3,(H2,18,19,20). The molecular weight excluding hydrogens is 276 g/mol. The van der Waals surface area contributed by atoms with E-state index in [1.807, 2.05) is 42.2 Å². The Balaban J connectivity index is 1.78. The molecule has 1 fully saturated rings. The van der Waals surface area contributed by atoms with Crippen molar-refractivity contribution in [2.75, 3.05) is 26.7 Å². The molecule has 0 unspecified atom stereocenters. The lowest BCUT2D eigenvalue weighted by atomic mass is 10.2. The summed E-state index contributed by atoms with van der Waals surface area (Å²) in [5, 5.41) is 6.36. The fraction of sp³-hybridized carbons (Fsp3) is 0.529. The summed E-state index contributed by atoms with van der Waals surface area (Å²) in [5.41, 5.74) is 1.15. The fourth-order valence-electron chi connectivity index (χ4n) is 2.23. The van der Waals surface area contributed by atoms with Gasteiger partial charge in [-0.15, -0.1) is 0 Å². The highest BCUT2D eigenvalue weighted by Gasteiger charge is 2.21. The smallest absolute Gasteiger partial charge is 0.242 e. The third kappa shape index (κ3) is 5.39. The predicted molar refractivity (Wildman–Crippen MR) is 89.6 cm³/mol. The van der Waals surface area contributed by atoms with Crippen LogP contribution in [0, 0.1) is 5.92 Å². The van der Waals surface area contributed by atoms with Crippen LogP contribution in [-0.2, 0) is 11.3 Å². The van der Waals surface area contributed by atoms with Crippen LogP contribution in [0.2, 0.25) is 0 Å². The van der Waals surface area contributed by atoms with Gasteiger partial charge in [0.15, 0.2) is 5.96 Å². The van der Waals surface area contributed by atoms with Crippen molar-refractivity contribution in [3.63, 3.8) is 0 Å². The van der Waals surface area contributed by atoms with Gasteiger partial charge in [0.05, 0.1) is 6.54 Å². The molecule has 22 heavy (non-hydrogen) atoms. The Morgan fingerprint density at radius 3 is 2.59 bits per heavy atom. The van der Waals surface area contributed by atoms with Crippen LogP contribution in [-0.4, -0.2) is 43.4 Å². The molecule has 1 aliphatic carbocycles. The van der Waals surface area contributed by atoms with Crippen molar-refractivity contribution in [1.29, 1.82) is 0 Å². The lowest BCUT2D eigenvalue weighted by molar-refractivity contribution is -0.130. The second-order valence-electron chi connectivity index (χ2n) is 5.64. The summed E-state index contributed by atoms with van der Waals surface area (Å²) >= 11 is 0. The number of nitrogens with zero attached hydrogens (tertiary/aromatic N) is 2. The lowest BCUT2D eigenvalue weighted by Crippen LogP contribution is -2.44. The van der Waals surface area contributed by atoms with Gasteiger partial charge in [-0.1, -0.05) is 30.3 Å². The summed E-state index contributed by atoms with van der Waals surface area (Å²) in [4.78, 5) is 18.3. The van der Waals surface area contributed by atoms with Gasteiger partial charge >= 0.3 is 0 Å². The highest BCUT2D eigenvalue weighted by atomic mass is 16.2. The number of benzene rings is 1. The maximum Gasteiger partial charge on any atom is 0.242 e. The molecule has 0 heterocycles. The third-order valence-corrected chi connectivity index (χ3v) is 3.84. The van der Waals surface area contributed by atoms with Crippen LogP contribution in [0.3, 0.4) is 0 Å². The van der Waals surface area contributed by atoms with E-state index in [0.717, 1.165) is 18.0 Å². The Bertz CT molecular complexity index is 497. The first-order valence-corrected chi connectivity index (χ1v) is 7.99. The molecule has 2 N–H and O–H groups in total. The zero-order chi connectivity index (χ0) is 15.8. The zero-order valence-corrected chi connectivity index (χ0v) is 13.5.